The molecular weight excluding hydrogens is 248 g/mol. The van der Waals surface area contributed by atoms with Gasteiger partial charge in [0.1, 0.15) is 0 Å². The van der Waals surface area contributed by atoms with Gasteiger partial charge in [0.2, 0.25) is 0 Å². The highest BCUT2D eigenvalue weighted by atomic mass is 15.2. The van der Waals surface area contributed by atoms with Crippen LogP contribution in [0, 0.1) is 0 Å². The highest BCUT2D eigenvalue weighted by Gasteiger charge is 2.22. The molecule has 1 aromatic carbocycles. The van der Waals surface area contributed by atoms with E-state index in [1.54, 1.807) is 0 Å². The van der Waals surface area contributed by atoms with Crippen LogP contribution < -0.4 is 5.32 Å². The molecule has 2 aromatic rings. The van der Waals surface area contributed by atoms with Crippen molar-refractivity contribution in [1.82, 2.24) is 20.0 Å². The first-order chi connectivity index (χ1) is 9.74. The minimum absolute atomic E-state index is 0.474. The molecule has 1 unspecified atom stereocenters. The van der Waals surface area contributed by atoms with Crippen molar-refractivity contribution in [3.8, 4) is 0 Å². The molecule has 0 saturated carbocycles. The predicted octanol–water partition coefficient (Wildman–Crippen LogP) is 2.09. The second-order valence-corrected chi connectivity index (χ2v) is 5.62. The SMILES string of the molecule is CN(Cc1cnn(C)c1)C1CCNCc2ccccc21. The van der Waals surface area contributed by atoms with E-state index in [9.17, 15) is 0 Å². The fourth-order valence-corrected chi connectivity index (χ4v) is 3.05. The van der Waals surface area contributed by atoms with E-state index in [1.807, 2.05) is 17.9 Å². The summed E-state index contributed by atoms with van der Waals surface area (Å²) in [5.41, 5.74) is 4.15. The summed E-state index contributed by atoms with van der Waals surface area (Å²) >= 11 is 0. The standard InChI is InChI=1S/C16H22N4/c1-19(11-13-9-18-20(2)12-13)16-7-8-17-10-14-5-3-4-6-15(14)16/h3-6,9,12,16-17H,7-8,10-11H2,1-2H3. The van der Waals surface area contributed by atoms with Gasteiger partial charge in [-0.25, -0.2) is 0 Å². The molecule has 2 heterocycles. The number of fused-ring (bicyclic) bond motifs is 1. The minimum atomic E-state index is 0.474. The Morgan fingerprint density at radius 1 is 1.40 bits per heavy atom. The molecular formula is C16H22N4. The van der Waals surface area contributed by atoms with Crippen LogP contribution in [0.1, 0.15) is 29.2 Å². The zero-order valence-corrected chi connectivity index (χ0v) is 12.2. The lowest BCUT2D eigenvalue weighted by molar-refractivity contribution is 0.226. The number of rotatable bonds is 3. The lowest BCUT2D eigenvalue weighted by Crippen LogP contribution is -2.25. The first-order valence-electron chi connectivity index (χ1n) is 7.20. The average molecular weight is 270 g/mol. The topological polar surface area (TPSA) is 33.1 Å². The summed E-state index contributed by atoms with van der Waals surface area (Å²) in [5, 5.41) is 7.77. The Balaban J connectivity index is 1.81. The van der Waals surface area contributed by atoms with Gasteiger partial charge < -0.3 is 5.32 Å². The molecule has 4 nitrogen and oxygen atoms in total. The summed E-state index contributed by atoms with van der Waals surface area (Å²) in [6.45, 7) is 2.98. The monoisotopic (exact) mass is 270 g/mol. The first kappa shape index (κ1) is 13.3. The van der Waals surface area contributed by atoms with Gasteiger partial charge in [0.15, 0.2) is 0 Å². The van der Waals surface area contributed by atoms with Gasteiger partial charge in [-0.3, -0.25) is 9.58 Å². The molecule has 0 aliphatic carbocycles. The fraction of sp³-hybridized carbons (Fsp3) is 0.438. The van der Waals surface area contributed by atoms with Crippen LogP contribution in [0.25, 0.3) is 0 Å². The molecule has 4 heteroatoms. The molecule has 1 aromatic heterocycles. The Morgan fingerprint density at radius 2 is 2.25 bits per heavy atom. The van der Waals surface area contributed by atoms with Crippen LogP contribution in [-0.4, -0.2) is 28.3 Å². The summed E-state index contributed by atoms with van der Waals surface area (Å²) in [5.74, 6) is 0. The van der Waals surface area contributed by atoms with Crippen LogP contribution in [0.2, 0.25) is 0 Å². The molecule has 1 aliphatic heterocycles. The summed E-state index contributed by atoms with van der Waals surface area (Å²) in [6.07, 6.45) is 5.20. The van der Waals surface area contributed by atoms with Crippen molar-refractivity contribution >= 4 is 0 Å². The Morgan fingerprint density at radius 3 is 3.05 bits per heavy atom. The van der Waals surface area contributed by atoms with E-state index >= 15 is 0 Å². The molecule has 0 amide bonds. The minimum Gasteiger partial charge on any atom is -0.313 e. The molecule has 1 N–H and O–H groups in total. The Kier molecular flexibility index (Phi) is 3.85. The van der Waals surface area contributed by atoms with Crippen molar-refractivity contribution in [2.24, 2.45) is 7.05 Å². The lowest BCUT2D eigenvalue weighted by atomic mass is 9.98. The van der Waals surface area contributed by atoms with E-state index in [2.05, 4.69) is 52.8 Å². The van der Waals surface area contributed by atoms with E-state index in [0.29, 0.717) is 6.04 Å². The number of benzene rings is 1. The first-order valence-corrected chi connectivity index (χ1v) is 7.20. The van der Waals surface area contributed by atoms with E-state index in [-0.39, 0.29) is 0 Å². The smallest absolute Gasteiger partial charge is 0.0534 e. The van der Waals surface area contributed by atoms with Crippen molar-refractivity contribution in [2.75, 3.05) is 13.6 Å². The largest absolute Gasteiger partial charge is 0.313 e. The second kappa shape index (κ2) is 5.77. The summed E-state index contributed by atoms with van der Waals surface area (Å²) in [6, 6.07) is 9.26. The maximum Gasteiger partial charge on any atom is 0.0534 e. The summed E-state index contributed by atoms with van der Waals surface area (Å²) < 4.78 is 1.87. The van der Waals surface area contributed by atoms with E-state index in [1.165, 1.54) is 16.7 Å². The fourth-order valence-electron chi connectivity index (χ4n) is 3.05. The van der Waals surface area contributed by atoms with Crippen LogP contribution in [0.15, 0.2) is 36.7 Å². The van der Waals surface area contributed by atoms with Crippen molar-refractivity contribution in [3.63, 3.8) is 0 Å². The number of hydrogen-bond donors (Lipinski definition) is 1. The van der Waals surface area contributed by atoms with Crippen molar-refractivity contribution in [2.45, 2.75) is 25.6 Å². The van der Waals surface area contributed by atoms with Gasteiger partial charge >= 0.3 is 0 Å². The van der Waals surface area contributed by atoms with Gasteiger partial charge in [0.25, 0.3) is 0 Å². The molecule has 3 rings (SSSR count). The predicted molar refractivity (Wildman–Crippen MR) is 80.2 cm³/mol. The van der Waals surface area contributed by atoms with Crippen LogP contribution in [-0.2, 0) is 20.1 Å². The molecule has 20 heavy (non-hydrogen) atoms. The number of nitrogens with zero attached hydrogens (tertiary/aromatic N) is 3. The zero-order valence-electron chi connectivity index (χ0n) is 12.2. The number of aryl methyl sites for hydroxylation is 1. The molecule has 0 bridgehead atoms. The van der Waals surface area contributed by atoms with E-state index in [0.717, 1.165) is 26.1 Å². The highest BCUT2D eigenvalue weighted by Crippen LogP contribution is 2.29. The van der Waals surface area contributed by atoms with Crippen LogP contribution in [0.3, 0.4) is 0 Å². The zero-order chi connectivity index (χ0) is 13.9. The molecule has 1 atom stereocenters. The molecule has 0 fully saturated rings. The van der Waals surface area contributed by atoms with Gasteiger partial charge in [0.05, 0.1) is 6.20 Å². The Labute approximate surface area is 120 Å². The van der Waals surface area contributed by atoms with Gasteiger partial charge in [0, 0.05) is 37.9 Å². The summed E-state index contributed by atoms with van der Waals surface area (Å²) in [4.78, 5) is 2.43. The molecule has 0 radical (unpaired) electrons. The van der Waals surface area contributed by atoms with Gasteiger partial charge in [-0.1, -0.05) is 24.3 Å². The van der Waals surface area contributed by atoms with Gasteiger partial charge in [-0.2, -0.15) is 5.10 Å². The maximum absolute atomic E-state index is 4.26. The lowest BCUT2D eigenvalue weighted by Gasteiger charge is -2.28. The van der Waals surface area contributed by atoms with Gasteiger partial charge in [-0.15, -0.1) is 0 Å². The van der Waals surface area contributed by atoms with Crippen LogP contribution in [0.5, 0.6) is 0 Å². The highest BCUT2D eigenvalue weighted by molar-refractivity contribution is 5.31. The van der Waals surface area contributed by atoms with E-state index in [4.69, 9.17) is 0 Å². The second-order valence-electron chi connectivity index (χ2n) is 5.62. The van der Waals surface area contributed by atoms with Crippen molar-refractivity contribution < 1.29 is 0 Å². The normalized spacial score (nSPS) is 18.9. The third kappa shape index (κ3) is 2.76. The van der Waals surface area contributed by atoms with Crippen molar-refractivity contribution in [3.05, 3.63) is 53.3 Å². The molecule has 1 aliphatic rings. The maximum atomic E-state index is 4.26. The number of nitrogens with one attached hydrogen (secondary N) is 1. The number of aromatic nitrogens is 2. The van der Waals surface area contributed by atoms with Crippen molar-refractivity contribution in [1.29, 1.82) is 0 Å². The van der Waals surface area contributed by atoms with Crippen LogP contribution >= 0.6 is 0 Å². The Bertz CT molecular complexity index is 575. The quantitative estimate of drug-likeness (QED) is 0.927. The summed E-state index contributed by atoms with van der Waals surface area (Å²) in [7, 11) is 4.17. The Hall–Kier alpha value is -1.65. The average Bonchev–Trinajstić information content (AvgIpc) is 2.74. The number of hydrogen-bond acceptors (Lipinski definition) is 3. The van der Waals surface area contributed by atoms with Crippen LogP contribution in [0.4, 0.5) is 0 Å². The molecule has 106 valence electrons. The third-order valence-corrected chi connectivity index (χ3v) is 4.05. The van der Waals surface area contributed by atoms with E-state index < -0.39 is 0 Å². The molecule has 0 spiro atoms. The molecule has 0 saturated heterocycles. The third-order valence-electron chi connectivity index (χ3n) is 4.05. The van der Waals surface area contributed by atoms with Gasteiger partial charge in [-0.05, 0) is 31.1 Å².